The Morgan fingerprint density at radius 2 is 1.85 bits per heavy atom. The van der Waals surface area contributed by atoms with Crippen LogP contribution in [0.25, 0.3) is 10.9 Å². The van der Waals surface area contributed by atoms with Crippen molar-refractivity contribution in [2.24, 2.45) is 13.0 Å². The highest BCUT2D eigenvalue weighted by atomic mass is 19.1. The zero-order valence-electron chi connectivity index (χ0n) is 22.7. The summed E-state index contributed by atoms with van der Waals surface area (Å²) >= 11 is 0. The summed E-state index contributed by atoms with van der Waals surface area (Å²) in [4.78, 5) is 42.1. The number of hydrogen-bond acceptors (Lipinski definition) is 5. The number of fused-ring (bicyclic) bond motifs is 1. The van der Waals surface area contributed by atoms with Gasteiger partial charge in [-0.3, -0.25) is 4.79 Å². The molecule has 40 heavy (non-hydrogen) atoms. The van der Waals surface area contributed by atoms with Crippen molar-refractivity contribution in [2.75, 3.05) is 5.32 Å². The molecule has 4 aromatic rings. The molecule has 0 bridgehead atoms. The van der Waals surface area contributed by atoms with E-state index in [9.17, 15) is 23.9 Å². The lowest BCUT2D eigenvalue weighted by molar-refractivity contribution is -0.124. The van der Waals surface area contributed by atoms with Crippen molar-refractivity contribution in [1.29, 1.82) is 0 Å². The minimum atomic E-state index is -1.24. The predicted molar refractivity (Wildman–Crippen MR) is 148 cm³/mol. The van der Waals surface area contributed by atoms with Crippen LogP contribution in [0.3, 0.4) is 0 Å². The highest BCUT2D eigenvalue weighted by Gasteiger charge is 2.29. The number of para-hydroxylation sites is 1. The highest BCUT2D eigenvalue weighted by molar-refractivity contribution is 5.94. The number of carboxylic acid groups (broad SMARTS) is 1. The molecule has 10 nitrogen and oxygen atoms in total. The van der Waals surface area contributed by atoms with Crippen LogP contribution in [0, 0.1) is 18.7 Å². The molecule has 0 unspecified atom stereocenters. The third-order valence-electron chi connectivity index (χ3n) is 6.45. The van der Waals surface area contributed by atoms with Crippen molar-refractivity contribution in [2.45, 2.75) is 45.7 Å². The van der Waals surface area contributed by atoms with Gasteiger partial charge >= 0.3 is 12.0 Å². The summed E-state index contributed by atoms with van der Waals surface area (Å²) in [5.41, 5.74) is 1.89. The topological polar surface area (TPSA) is 138 Å². The van der Waals surface area contributed by atoms with Gasteiger partial charge in [-0.1, -0.05) is 38.1 Å². The molecule has 3 amide bonds. The maximum Gasteiger partial charge on any atom is 0.358 e. The first kappa shape index (κ1) is 28.3. The van der Waals surface area contributed by atoms with Crippen LogP contribution in [-0.4, -0.2) is 38.6 Å². The number of nitrogens with zero attached hydrogens (tertiary/aromatic N) is 2. The Balaban J connectivity index is 1.61. The van der Waals surface area contributed by atoms with Gasteiger partial charge in [0.25, 0.3) is 0 Å². The number of benzene rings is 2. The molecule has 2 aromatic heterocycles. The molecule has 0 radical (unpaired) electrons. The molecule has 0 aliphatic rings. The van der Waals surface area contributed by atoms with E-state index in [-0.39, 0.29) is 35.4 Å². The van der Waals surface area contributed by atoms with Crippen molar-refractivity contribution >= 4 is 34.5 Å². The molecule has 2 aromatic carbocycles. The number of nitrogens with one attached hydrogen (secondary N) is 3. The number of amides is 3. The summed E-state index contributed by atoms with van der Waals surface area (Å²) in [7, 11) is 1.91. The Kier molecular flexibility index (Phi) is 8.52. The van der Waals surface area contributed by atoms with Crippen LogP contribution in [0.4, 0.5) is 14.9 Å². The molecule has 2 atom stereocenters. The highest BCUT2D eigenvalue weighted by Crippen LogP contribution is 2.27. The Labute approximate surface area is 230 Å². The lowest BCUT2D eigenvalue weighted by atomic mass is 10.0. The van der Waals surface area contributed by atoms with Gasteiger partial charge in [0.15, 0.2) is 5.69 Å². The maximum absolute atomic E-state index is 13.6. The fourth-order valence-corrected chi connectivity index (χ4v) is 4.64. The summed E-state index contributed by atoms with van der Waals surface area (Å²) < 4.78 is 21.2. The van der Waals surface area contributed by atoms with Gasteiger partial charge in [-0.05, 0) is 49.1 Å². The van der Waals surface area contributed by atoms with Crippen molar-refractivity contribution in [1.82, 2.24) is 20.2 Å². The van der Waals surface area contributed by atoms with Gasteiger partial charge in [0, 0.05) is 36.3 Å². The molecule has 0 fully saturated rings. The number of carbonyl (C=O) groups is 3. The average molecular weight is 550 g/mol. The first-order valence-electron chi connectivity index (χ1n) is 12.9. The molecule has 11 heteroatoms. The van der Waals surface area contributed by atoms with E-state index in [1.807, 2.05) is 55.9 Å². The van der Waals surface area contributed by atoms with E-state index < -0.39 is 35.8 Å². The normalized spacial score (nSPS) is 12.8. The summed E-state index contributed by atoms with van der Waals surface area (Å²) in [5, 5.41) is 18.6. The zero-order chi connectivity index (χ0) is 29.0. The Morgan fingerprint density at radius 1 is 1.10 bits per heavy atom. The maximum atomic E-state index is 13.6. The van der Waals surface area contributed by atoms with Crippen LogP contribution >= 0.6 is 0 Å². The second-order valence-corrected chi connectivity index (χ2v) is 10.1. The summed E-state index contributed by atoms with van der Waals surface area (Å²) in [6.07, 6.45) is 2.51. The molecule has 2 heterocycles. The number of aromatic nitrogens is 2. The minimum Gasteiger partial charge on any atom is -0.476 e. The van der Waals surface area contributed by atoms with Crippen LogP contribution in [-0.2, 0) is 18.3 Å². The van der Waals surface area contributed by atoms with E-state index in [0.29, 0.717) is 6.42 Å². The fourth-order valence-electron chi connectivity index (χ4n) is 4.64. The molecule has 0 saturated heterocycles. The number of anilines is 1. The first-order chi connectivity index (χ1) is 19.0. The standard InChI is InChI=1S/C29H32FN5O5/c1-16(2)12-22(33-29(39)31-20-9-7-8-19(30)14-20)26(36)32-23(27-34-25(28(37)38)17(3)40-27)13-18-15-35(4)24-11-6-5-10-21(18)24/h5-11,14-16,22-23H,12-13H2,1-4H3,(H,32,36)(H,37,38)(H2,31,33,39)/t22-,23+/m0/s1. The lowest BCUT2D eigenvalue weighted by Crippen LogP contribution is -2.49. The number of oxazole rings is 1. The minimum absolute atomic E-state index is 0.0451. The molecule has 4 N–H and O–H groups in total. The molecule has 210 valence electrons. The van der Waals surface area contributed by atoms with E-state index in [1.54, 1.807) is 0 Å². The van der Waals surface area contributed by atoms with Crippen LogP contribution in [0.2, 0.25) is 0 Å². The van der Waals surface area contributed by atoms with Crippen LogP contribution in [0.15, 0.2) is 59.1 Å². The van der Waals surface area contributed by atoms with Gasteiger partial charge in [0.2, 0.25) is 11.8 Å². The molecule has 0 spiro atoms. The third kappa shape index (κ3) is 6.66. The number of carbonyl (C=O) groups excluding carboxylic acids is 2. The Morgan fingerprint density at radius 3 is 2.52 bits per heavy atom. The largest absolute Gasteiger partial charge is 0.476 e. The van der Waals surface area contributed by atoms with E-state index in [2.05, 4.69) is 20.9 Å². The van der Waals surface area contributed by atoms with E-state index in [0.717, 1.165) is 16.5 Å². The molecular formula is C29H32FN5O5. The van der Waals surface area contributed by atoms with Gasteiger partial charge in [-0.2, -0.15) is 0 Å². The fraction of sp³-hybridized carbons (Fsp3) is 0.310. The molecular weight excluding hydrogens is 517 g/mol. The quantitative estimate of drug-likeness (QED) is 0.221. The predicted octanol–water partition coefficient (Wildman–Crippen LogP) is 4.95. The number of aromatic carboxylic acids is 1. The van der Waals surface area contributed by atoms with Crippen molar-refractivity contribution in [3.63, 3.8) is 0 Å². The number of rotatable bonds is 10. The number of urea groups is 1. The van der Waals surface area contributed by atoms with Crippen LogP contribution < -0.4 is 16.0 Å². The monoisotopic (exact) mass is 549 g/mol. The van der Waals surface area contributed by atoms with Crippen molar-refractivity contribution in [3.8, 4) is 0 Å². The number of carboxylic acids is 1. The van der Waals surface area contributed by atoms with Gasteiger partial charge in [-0.15, -0.1) is 0 Å². The lowest BCUT2D eigenvalue weighted by Gasteiger charge is -2.23. The molecule has 0 aliphatic carbocycles. The summed E-state index contributed by atoms with van der Waals surface area (Å²) in [5.74, 6) is -2.04. The van der Waals surface area contributed by atoms with Gasteiger partial charge in [-0.25, -0.2) is 19.0 Å². The van der Waals surface area contributed by atoms with Crippen LogP contribution in [0.1, 0.15) is 54.0 Å². The average Bonchev–Trinajstić information content (AvgIpc) is 3.43. The Bertz CT molecular complexity index is 1540. The van der Waals surface area contributed by atoms with Crippen molar-refractivity contribution < 1.29 is 28.3 Å². The Hall–Kier alpha value is -4.67. The zero-order valence-corrected chi connectivity index (χ0v) is 22.7. The number of aryl methyl sites for hydroxylation is 2. The SMILES string of the molecule is Cc1oc([C@@H](Cc2cn(C)c3ccccc23)NC(=O)[C@H](CC(C)C)NC(=O)Nc2cccc(F)c2)nc1C(=O)O. The number of halogens is 1. The molecule has 0 aliphatic heterocycles. The van der Waals surface area contributed by atoms with Gasteiger partial charge in [0.1, 0.15) is 23.7 Å². The summed E-state index contributed by atoms with van der Waals surface area (Å²) in [6.45, 7) is 5.32. The molecule has 0 saturated carbocycles. The van der Waals surface area contributed by atoms with Crippen LogP contribution in [0.5, 0.6) is 0 Å². The van der Waals surface area contributed by atoms with E-state index in [1.165, 1.54) is 31.2 Å². The third-order valence-corrected chi connectivity index (χ3v) is 6.45. The first-order valence-corrected chi connectivity index (χ1v) is 12.9. The van der Waals surface area contributed by atoms with E-state index in [4.69, 9.17) is 4.42 Å². The van der Waals surface area contributed by atoms with E-state index >= 15 is 0 Å². The van der Waals surface area contributed by atoms with Gasteiger partial charge < -0.3 is 30.0 Å². The smallest absolute Gasteiger partial charge is 0.358 e. The van der Waals surface area contributed by atoms with Crippen molar-refractivity contribution in [3.05, 3.63) is 83.5 Å². The second-order valence-electron chi connectivity index (χ2n) is 10.1. The summed E-state index contributed by atoms with van der Waals surface area (Å²) in [6, 6.07) is 10.8. The second kappa shape index (κ2) is 12.0. The number of hydrogen-bond donors (Lipinski definition) is 4. The molecule has 4 rings (SSSR count). The van der Waals surface area contributed by atoms with Gasteiger partial charge in [0.05, 0.1) is 0 Å².